The molecule has 0 bridgehead atoms. The first kappa shape index (κ1) is 17.8. The summed E-state index contributed by atoms with van der Waals surface area (Å²) >= 11 is 3.62. The van der Waals surface area contributed by atoms with Crippen LogP contribution >= 0.6 is 23.5 Å². The van der Waals surface area contributed by atoms with Crippen molar-refractivity contribution in [3.8, 4) is 16.9 Å². The van der Waals surface area contributed by atoms with Crippen LogP contribution in [0.15, 0.2) is 80.2 Å². The highest BCUT2D eigenvalue weighted by molar-refractivity contribution is 8.05. The molecule has 0 amide bonds. The van der Waals surface area contributed by atoms with Crippen LogP contribution in [0.5, 0.6) is 5.75 Å². The topological polar surface area (TPSA) is 32.3 Å². The van der Waals surface area contributed by atoms with Crippen LogP contribution in [0.1, 0.15) is 13.8 Å². The number of rotatable bonds is 2. The lowest BCUT2D eigenvalue weighted by atomic mass is 10.0. The van der Waals surface area contributed by atoms with Crippen molar-refractivity contribution in [2.45, 2.75) is 33.4 Å². The van der Waals surface area contributed by atoms with Crippen LogP contribution in [0.4, 0.5) is 5.69 Å². The first-order chi connectivity index (χ1) is 12.2. The number of hydrogen-bond donors (Lipinski definition) is 2. The summed E-state index contributed by atoms with van der Waals surface area (Å²) in [7, 11) is 1.90. The van der Waals surface area contributed by atoms with E-state index in [9.17, 15) is 5.11 Å². The van der Waals surface area contributed by atoms with Crippen molar-refractivity contribution >= 4 is 29.2 Å². The fourth-order valence-corrected chi connectivity index (χ4v) is 4.94. The second kappa shape index (κ2) is 7.89. The van der Waals surface area contributed by atoms with Crippen molar-refractivity contribution in [1.82, 2.24) is 0 Å². The SMILES string of the molecule is CC.CNc1ccc(O)cc1-c1ccc2c(c1)Sc1ccccc1S2. The Balaban J connectivity index is 0.000000880. The zero-order valence-electron chi connectivity index (χ0n) is 14.5. The molecule has 0 radical (unpaired) electrons. The molecule has 0 spiro atoms. The van der Waals surface area contributed by atoms with Crippen molar-refractivity contribution in [2.24, 2.45) is 0 Å². The maximum Gasteiger partial charge on any atom is 0.116 e. The summed E-state index contributed by atoms with van der Waals surface area (Å²) in [4.78, 5) is 5.15. The average Bonchev–Trinajstić information content (AvgIpc) is 2.67. The molecule has 4 rings (SSSR count). The molecule has 1 aliphatic rings. The van der Waals surface area contributed by atoms with E-state index in [2.05, 4.69) is 47.8 Å². The second-order valence-corrected chi connectivity index (χ2v) is 7.46. The normalized spacial score (nSPS) is 11.6. The molecule has 3 aromatic carbocycles. The van der Waals surface area contributed by atoms with Gasteiger partial charge in [-0.15, -0.1) is 0 Å². The highest BCUT2D eigenvalue weighted by Crippen LogP contribution is 2.49. The van der Waals surface area contributed by atoms with Gasteiger partial charge in [-0.25, -0.2) is 0 Å². The largest absolute Gasteiger partial charge is 0.508 e. The summed E-state index contributed by atoms with van der Waals surface area (Å²) in [5.74, 6) is 0.282. The molecule has 128 valence electrons. The third-order valence-electron chi connectivity index (χ3n) is 3.82. The van der Waals surface area contributed by atoms with Crippen LogP contribution in [-0.4, -0.2) is 12.2 Å². The number of phenols is 1. The van der Waals surface area contributed by atoms with E-state index in [1.165, 1.54) is 19.6 Å². The maximum absolute atomic E-state index is 9.83. The van der Waals surface area contributed by atoms with E-state index < -0.39 is 0 Å². The number of fused-ring (bicyclic) bond motifs is 2. The Morgan fingerprint density at radius 1 is 0.760 bits per heavy atom. The van der Waals surface area contributed by atoms with Crippen LogP contribution < -0.4 is 5.32 Å². The van der Waals surface area contributed by atoms with Crippen molar-refractivity contribution in [1.29, 1.82) is 0 Å². The summed E-state index contributed by atoms with van der Waals surface area (Å²) < 4.78 is 0. The molecule has 0 saturated heterocycles. The van der Waals surface area contributed by atoms with Gasteiger partial charge >= 0.3 is 0 Å². The molecular weight excluding hydrogens is 346 g/mol. The van der Waals surface area contributed by atoms with Gasteiger partial charge in [0.2, 0.25) is 0 Å². The Kier molecular flexibility index (Phi) is 5.61. The Morgan fingerprint density at radius 3 is 2.08 bits per heavy atom. The fourth-order valence-electron chi connectivity index (χ4n) is 2.68. The summed E-state index contributed by atoms with van der Waals surface area (Å²) in [6.45, 7) is 4.00. The predicted octanol–water partition coefficient (Wildman–Crippen LogP) is 6.74. The van der Waals surface area contributed by atoms with E-state index in [-0.39, 0.29) is 5.75 Å². The lowest BCUT2D eigenvalue weighted by Crippen LogP contribution is -1.93. The zero-order valence-corrected chi connectivity index (χ0v) is 16.2. The second-order valence-electron chi connectivity index (χ2n) is 5.29. The first-order valence-electron chi connectivity index (χ1n) is 8.34. The zero-order chi connectivity index (χ0) is 17.8. The van der Waals surface area contributed by atoms with Gasteiger partial charge < -0.3 is 10.4 Å². The van der Waals surface area contributed by atoms with Gasteiger partial charge in [0.15, 0.2) is 0 Å². The lowest BCUT2D eigenvalue weighted by Gasteiger charge is -2.19. The highest BCUT2D eigenvalue weighted by atomic mass is 32.2. The minimum atomic E-state index is 0.282. The number of nitrogens with one attached hydrogen (secondary N) is 1. The molecular formula is C21H21NOS2. The fraction of sp³-hybridized carbons (Fsp3) is 0.143. The summed E-state index contributed by atoms with van der Waals surface area (Å²) in [5.41, 5.74) is 3.13. The molecule has 0 aromatic heterocycles. The standard InChI is InChI=1S/C19H15NOS2.C2H6/c1-20-15-8-7-13(21)11-14(15)12-6-9-18-19(10-12)23-17-5-3-2-4-16(17)22-18;1-2/h2-11,20-21H,1H3;1-2H3. The maximum atomic E-state index is 9.83. The number of anilines is 1. The van der Waals surface area contributed by atoms with Crippen LogP contribution in [0.2, 0.25) is 0 Å². The third kappa shape index (κ3) is 3.65. The van der Waals surface area contributed by atoms with Gasteiger partial charge in [-0.3, -0.25) is 0 Å². The Labute approximate surface area is 157 Å². The molecule has 1 heterocycles. The van der Waals surface area contributed by atoms with Crippen LogP contribution in [0.25, 0.3) is 11.1 Å². The molecule has 0 atom stereocenters. The lowest BCUT2D eigenvalue weighted by molar-refractivity contribution is 0.475. The summed E-state index contributed by atoms with van der Waals surface area (Å²) in [5, 5.41) is 13.0. The molecule has 0 unspecified atom stereocenters. The molecule has 2 N–H and O–H groups in total. The molecule has 4 heteroatoms. The molecule has 3 aromatic rings. The van der Waals surface area contributed by atoms with E-state index in [0.29, 0.717) is 0 Å². The minimum absolute atomic E-state index is 0.282. The molecule has 2 nitrogen and oxygen atoms in total. The molecule has 25 heavy (non-hydrogen) atoms. The Hall–Kier alpha value is -2.04. The van der Waals surface area contributed by atoms with Crippen LogP contribution in [-0.2, 0) is 0 Å². The van der Waals surface area contributed by atoms with Gasteiger partial charge in [0.25, 0.3) is 0 Å². The van der Waals surface area contributed by atoms with Crippen molar-refractivity contribution < 1.29 is 5.11 Å². The average molecular weight is 368 g/mol. The van der Waals surface area contributed by atoms with Gasteiger partial charge in [-0.1, -0.05) is 55.6 Å². The predicted molar refractivity (Wildman–Crippen MR) is 109 cm³/mol. The van der Waals surface area contributed by atoms with Crippen molar-refractivity contribution in [3.63, 3.8) is 0 Å². The van der Waals surface area contributed by atoms with Crippen LogP contribution in [0, 0.1) is 0 Å². The smallest absolute Gasteiger partial charge is 0.116 e. The van der Waals surface area contributed by atoms with Gasteiger partial charge in [-0.05, 0) is 48.0 Å². The van der Waals surface area contributed by atoms with Gasteiger partial charge in [0, 0.05) is 37.9 Å². The van der Waals surface area contributed by atoms with E-state index in [1.807, 2.05) is 44.8 Å². The van der Waals surface area contributed by atoms with Gasteiger partial charge in [0.05, 0.1) is 0 Å². The van der Waals surface area contributed by atoms with Crippen LogP contribution in [0.3, 0.4) is 0 Å². The Bertz CT molecular complexity index is 893. The minimum Gasteiger partial charge on any atom is -0.508 e. The first-order valence-corrected chi connectivity index (χ1v) is 9.98. The molecule has 1 aliphatic heterocycles. The summed E-state index contributed by atoms with van der Waals surface area (Å²) in [6, 6.07) is 20.4. The quantitative estimate of drug-likeness (QED) is 0.384. The highest BCUT2D eigenvalue weighted by Gasteiger charge is 2.17. The molecule has 0 aliphatic carbocycles. The molecule has 0 saturated carbocycles. The van der Waals surface area contributed by atoms with Gasteiger partial charge in [0.1, 0.15) is 5.75 Å². The number of hydrogen-bond acceptors (Lipinski definition) is 4. The van der Waals surface area contributed by atoms with E-state index in [4.69, 9.17) is 0 Å². The number of aromatic hydroxyl groups is 1. The monoisotopic (exact) mass is 367 g/mol. The van der Waals surface area contributed by atoms with Crippen molar-refractivity contribution in [3.05, 3.63) is 60.7 Å². The molecule has 0 fully saturated rings. The van der Waals surface area contributed by atoms with E-state index >= 15 is 0 Å². The Morgan fingerprint density at radius 2 is 1.40 bits per heavy atom. The van der Waals surface area contributed by atoms with Gasteiger partial charge in [-0.2, -0.15) is 0 Å². The summed E-state index contributed by atoms with van der Waals surface area (Å²) in [6.07, 6.45) is 0. The number of benzene rings is 3. The third-order valence-corrected chi connectivity index (χ3v) is 6.36. The van der Waals surface area contributed by atoms with Crippen molar-refractivity contribution in [2.75, 3.05) is 12.4 Å². The van der Waals surface area contributed by atoms with E-state index in [0.717, 1.165) is 16.8 Å². The van der Waals surface area contributed by atoms with E-state index in [1.54, 1.807) is 17.8 Å². The number of phenolic OH excluding ortho intramolecular Hbond substituents is 1.